The summed E-state index contributed by atoms with van der Waals surface area (Å²) in [6.07, 6.45) is -1.20. The van der Waals surface area contributed by atoms with Gasteiger partial charge in [-0.1, -0.05) is 40.7 Å². The molecule has 1 heterocycles. The highest BCUT2D eigenvalue weighted by Gasteiger charge is 2.40. The number of hydrogen-bond acceptors (Lipinski definition) is 6. The van der Waals surface area contributed by atoms with Gasteiger partial charge in [-0.2, -0.15) is 0 Å². The zero-order valence-corrected chi connectivity index (χ0v) is 18.0. The van der Waals surface area contributed by atoms with Crippen LogP contribution in [0.4, 0.5) is 0 Å². The van der Waals surface area contributed by atoms with Gasteiger partial charge in [0.15, 0.2) is 0 Å². The molecule has 0 aliphatic carbocycles. The second kappa shape index (κ2) is 10.5. The van der Waals surface area contributed by atoms with Crippen molar-refractivity contribution in [2.75, 3.05) is 0 Å². The third-order valence-corrected chi connectivity index (χ3v) is 6.51. The molecule has 1 saturated heterocycles. The summed E-state index contributed by atoms with van der Waals surface area (Å²) in [7, 11) is 0. The maximum atomic E-state index is 12.8. The Balaban J connectivity index is 3.27. The average Bonchev–Trinajstić information content (AvgIpc) is 2.67. The Morgan fingerprint density at radius 2 is 1.46 bits per heavy atom. The number of Topliss-reactive ketones (excluding diaryl/α,β-unsaturated/α-hetero) is 1. The molecule has 3 N–H and O–H groups in total. The molecule has 0 aromatic heterocycles. The number of aliphatic hydroxyl groups is 3. The van der Waals surface area contributed by atoms with Gasteiger partial charge in [0.2, 0.25) is 0 Å². The Morgan fingerprint density at radius 3 is 2.00 bits per heavy atom. The summed E-state index contributed by atoms with van der Waals surface area (Å²) in [5.74, 6) is -3.73. The molecule has 10 atom stereocenters. The normalized spacial score (nSPS) is 44.5. The number of ketones is 1. The molecule has 162 valence electrons. The van der Waals surface area contributed by atoms with E-state index < -0.39 is 54.1 Å². The minimum Gasteiger partial charge on any atom is -0.461 e. The quantitative estimate of drug-likeness (QED) is 0.487. The summed E-state index contributed by atoms with van der Waals surface area (Å²) in [6, 6.07) is 0. The lowest BCUT2D eigenvalue weighted by Crippen LogP contribution is -2.45. The van der Waals surface area contributed by atoms with Crippen molar-refractivity contribution in [3.8, 4) is 0 Å². The fourth-order valence-electron chi connectivity index (χ4n) is 4.21. The molecular formula is C22H38O6. The van der Waals surface area contributed by atoms with E-state index in [0.29, 0.717) is 12.8 Å². The highest BCUT2D eigenvalue weighted by molar-refractivity contribution is 5.83. The first-order valence-corrected chi connectivity index (χ1v) is 10.3. The molecule has 6 nitrogen and oxygen atoms in total. The fraction of sp³-hybridized carbons (Fsp3) is 0.818. The van der Waals surface area contributed by atoms with Crippen molar-refractivity contribution in [1.29, 1.82) is 0 Å². The van der Waals surface area contributed by atoms with Gasteiger partial charge in [-0.25, -0.2) is 0 Å². The van der Waals surface area contributed by atoms with Crippen molar-refractivity contribution in [1.82, 2.24) is 0 Å². The molecule has 10 unspecified atom stereocenters. The SMILES string of the molecule is C=CCC1OC(=O)C(C)C(O)C(C)C(O)C(C)CC(C)C(=O)C(C)C(O)C1C. The van der Waals surface area contributed by atoms with Crippen molar-refractivity contribution in [3.63, 3.8) is 0 Å². The third-order valence-electron chi connectivity index (χ3n) is 6.51. The number of cyclic esters (lactones) is 1. The summed E-state index contributed by atoms with van der Waals surface area (Å²) in [6.45, 7) is 14.0. The molecule has 0 aromatic rings. The van der Waals surface area contributed by atoms with Crippen LogP contribution >= 0.6 is 0 Å². The zero-order valence-electron chi connectivity index (χ0n) is 18.0. The van der Waals surface area contributed by atoms with Crippen LogP contribution in [-0.2, 0) is 14.3 Å². The van der Waals surface area contributed by atoms with Crippen LogP contribution in [-0.4, -0.2) is 51.5 Å². The number of carbonyl (C=O) groups excluding carboxylic acids is 2. The smallest absolute Gasteiger partial charge is 0.311 e. The molecule has 28 heavy (non-hydrogen) atoms. The van der Waals surface area contributed by atoms with E-state index in [1.807, 2.05) is 6.92 Å². The number of esters is 1. The van der Waals surface area contributed by atoms with Crippen LogP contribution in [0.25, 0.3) is 0 Å². The Hall–Kier alpha value is -1.24. The number of aliphatic hydroxyl groups excluding tert-OH is 3. The highest BCUT2D eigenvalue weighted by Crippen LogP contribution is 2.31. The van der Waals surface area contributed by atoms with Gasteiger partial charge in [0.1, 0.15) is 11.9 Å². The molecule has 0 saturated carbocycles. The third kappa shape index (κ3) is 5.65. The molecule has 1 aliphatic heterocycles. The average molecular weight is 399 g/mol. The number of rotatable bonds is 2. The molecule has 0 spiro atoms. The number of carbonyl (C=O) groups is 2. The largest absolute Gasteiger partial charge is 0.461 e. The standard InChI is InChI=1S/C22H38O6/c1-8-9-17-13(4)20(25)14(5)18(23)11(2)10-12(3)19(24)15(6)21(26)16(7)22(27)28-17/h8,11-17,19-21,24-26H,1,9-10H2,2-7H3. The number of hydrogen-bond donors (Lipinski definition) is 3. The summed E-state index contributed by atoms with van der Waals surface area (Å²) < 4.78 is 5.60. The Bertz CT molecular complexity index is 547. The minimum absolute atomic E-state index is 0.0827. The monoisotopic (exact) mass is 398 g/mol. The lowest BCUT2D eigenvalue weighted by Gasteiger charge is -2.35. The molecule has 1 rings (SSSR count). The van der Waals surface area contributed by atoms with Crippen molar-refractivity contribution >= 4 is 11.8 Å². The van der Waals surface area contributed by atoms with Gasteiger partial charge in [-0.05, 0) is 19.3 Å². The van der Waals surface area contributed by atoms with Crippen molar-refractivity contribution in [3.05, 3.63) is 12.7 Å². The van der Waals surface area contributed by atoms with E-state index in [0.717, 1.165) is 0 Å². The maximum absolute atomic E-state index is 12.8. The molecule has 0 aromatic carbocycles. The van der Waals surface area contributed by atoms with E-state index in [4.69, 9.17) is 4.74 Å². The first-order valence-electron chi connectivity index (χ1n) is 10.3. The lowest BCUT2D eigenvalue weighted by atomic mass is 9.77. The Morgan fingerprint density at radius 1 is 0.929 bits per heavy atom. The van der Waals surface area contributed by atoms with E-state index in [2.05, 4.69) is 6.58 Å². The molecular weight excluding hydrogens is 360 g/mol. The van der Waals surface area contributed by atoms with Crippen LogP contribution in [0.2, 0.25) is 0 Å². The van der Waals surface area contributed by atoms with Crippen molar-refractivity contribution < 1.29 is 29.6 Å². The van der Waals surface area contributed by atoms with Gasteiger partial charge in [0.05, 0.1) is 24.2 Å². The highest BCUT2D eigenvalue weighted by atomic mass is 16.5. The van der Waals surface area contributed by atoms with E-state index in [1.165, 1.54) is 0 Å². The lowest BCUT2D eigenvalue weighted by molar-refractivity contribution is -0.165. The molecule has 0 amide bonds. The van der Waals surface area contributed by atoms with Crippen LogP contribution in [0.15, 0.2) is 12.7 Å². The Kier molecular flexibility index (Phi) is 9.31. The van der Waals surface area contributed by atoms with Crippen LogP contribution in [0.3, 0.4) is 0 Å². The van der Waals surface area contributed by atoms with Crippen LogP contribution in [0.1, 0.15) is 54.4 Å². The fourth-order valence-corrected chi connectivity index (χ4v) is 4.21. The summed E-state index contributed by atoms with van der Waals surface area (Å²) in [4.78, 5) is 25.4. The Labute approximate surface area is 169 Å². The molecule has 0 bridgehead atoms. The summed E-state index contributed by atoms with van der Waals surface area (Å²) >= 11 is 0. The van der Waals surface area contributed by atoms with Gasteiger partial charge in [0, 0.05) is 30.1 Å². The van der Waals surface area contributed by atoms with E-state index in [9.17, 15) is 24.9 Å². The first kappa shape index (κ1) is 24.8. The van der Waals surface area contributed by atoms with E-state index in [-0.39, 0.29) is 17.6 Å². The van der Waals surface area contributed by atoms with Crippen LogP contribution < -0.4 is 0 Å². The number of ether oxygens (including phenoxy) is 1. The van der Waals surface area contributed by atoms with Crippen LogP contribution in [0, 0.1) is 35.5 Å². The van der Waals surface area contributed by atoms with Crippen LogP contribution in [0.5, 0.6) is 0 Å². The predicted octanol–water partition coefficient (Wildman–Crippen LogP) is 2.35. The molecule has 0 radical (unpaired) electrons. The molecule has 1 fully saturated rings. The molecule has 6 heteroatoms. The minimum atomic E-state index is -1.08. The van der Waals surface area contributed by atoms with E-state index >= 15 is 0 Å². The van der Waals surface area contributed by atoms with E-state index in [1.54, 1.807) is 40.7 Å². The van der Waals surface area contributed by atoms with Gasteiger partial charge in [-0.3, -0.25) is 9.59 Å². The molecule has 1 aliphatic rings. The second-order valence-electron chi connectivity index (χ2n) is 8.78. The van der Waals surface area contributed by atoms with Gasteiger partial charge >= 0.3 is 5.97 Å². The zero-order chi connectivity index (χ0) is 21.8. The van der Waals surface area contributed by atoms with Crippen molar-refractivity contribution in [2.24, 2.45) is 35.5 Å². The van der Waals surface area contributed by atoms with Gasteiger partial charge in [-0.15, -0.1) is 6.58 Å². The maximum Gasteiger partial charge on any atom is 0.311 e. The summed E-state index contributed by atoms with van der Waals surface area (Å²) in [5.41, 5.74) is 0. The van der Waals surface area contributed by atoms with Crippen molar-refractivity contribution in [2.45, 2.75) is 78.8 Å². The first-order chi connectivity index (χ1) is 12.9. The van der Waals surface area contributed by atoms with Gasteiger partial charge < -0.3 is 20.1 Å². The predicted molar refractivity (Wildman–Crippen MR) is 107 cm³/mol. The second-order valence-corrected chi connectivity index (χ2v) is 8.78. The topological polar surface area (TPSA) is 104 Å². The summed E-state index contributed by atoms with van der Waals surface area (Å²) in [5, 5.41) is 32.0. The van der Waals surface area contributed by atoms with Gasteiger partial charge in [0.25, 0.3) is 0 Å².